The smallest absolute Gasteiger partial charge is 0.262 e. The number of hydrogen-bond donors (Lipinski definition) is 3. The Morgan fingerprint density at radius 1 is 0.871 bits per heavy atom. The molecule has 0 saturated heterocycles. The number of fused-ring (bicyclic) bond motifs is 1. The van der Waals surface area contributed by atoms with Crippen molar-refractivity contribution in [1.29, 1.82) is 0 Å². The molecule has 31 heavy (non-hydrogen) atoms. The standard InChI is InChI=1S/C23H23N5O2S/c1-3-24-23-25-16(2)15-22(27-23)26-18-11-13-19(14-12-18)28-31(29,30)21-10-6-8-17-7-4-5-9-20(17)21/h4-15,28H,3H2,1-2H3,(H2,24,25,26,27). The maximum Gasteiger partial charge on any atom is 0.262 e. The van der Waals surface area contributed by atoms with E-state index in [1.165, 1.54) is 0 Å². The molecule has 0 spiro atoms. The van der Waals surface area contributed by atoms with Crippen LogP contribution in [0.2, 0.25) is 0 Å². The van der Waals surface area contributed by atoms with Crippen LogP contribution in [0.25, 0.3) is 10.8 Å². The molecule has 3 aromatic carbocycles. The second kappa shape index (κ2) is 8.61. The number of aryl methyl sites for hydroxylation is 1. The van der Waals surface area contributed by atoms with Gasteiger partial charge in [0.25, 0.3) is 10.0 Å². The number of hydrogen-bond acceptors (Lipinski definition) is 6. The summed E-state index contributed by atoms with van der Waals surface area (Å²) in [7, 11) is -3.73. The summed E-state index contributed by atoms with van der Waals surface area (Å²) in [4.78, 5) is 9.01. The first kappa shape index (κ1) is 20.6. The van der Waals surface area contributed by atoms with Crippen molar-refractivity contribution in [3.05, 3.63) is 78.5 Å². The molecule has 158 valence electrons. The Morgan fingerprint density at radius 2 is 1.58 bits per heavy atom. The minimum Gasteiger partial charge on any atom is -0.354 e. The quantitative estimate of drug-likeness (QED) is 0.383. The summed E-state index contributed by atoms with van der Waals surface area (Å²) in [6.07, 6.45) is 0. The first-order valence-corrected chi connectivity index (χ1v) is 11.4. The van der Waals surface area contributed by atoms with Crippen LogP contribution in [0.4, 0.5) is 23.1 Å². The highest BCUT2D eigenvalue weighted by molar-refractivity contribution is 7.93. The fourth-order valence-corrected chi connectivity index (χ4v) is 4.57. The number of nitrogens with zero attached hydrogens (tertiary/aromatic N) is 2. The summed E-state index contributed by atoms with van der Waals surface area (Å²) < 4.78 is 28.6. The van der Waals surface area contributed by atoms with E-state index in [1.807, 2.05) is 50.2 Å². The van der Waals surface area contributed by atoms with Crippen LogP contribution in [-0.4, -0.2) is 24.9 Å². The first-order chi connectivity index (χ1) is 14.9. The molecule has 1 heterocycles. The van der Waals surface area contributed by atoms with Crippen molar-refractivity contribution in [1.82, 2.24) is 9.97 Å². The average molecular weight is 434 g/mol. The summed E-state index contributed by atoms with van der Waals surface area (Å²) in [6.45, 7) is 4.62. The van der Waals surface area contributed by atoms with E-state index >= 15 is 0 Å². The van der Waals surface area contributed by atoms with Gasteiger partial charge in [-0.2, -0.15) is 4.98 Å². The maximum absolute atomic E-state index is 13.0. The van der Waals surface area contributed by atoms with Crippen LogP contribution >= 0.6 is 0 Å². The highest BCUT2D eigenvalue weighted by Crippen LogP contribution is 2.26. The van der Waals surface area contributed by atoms with Gasteiger partial charge in [-0.15, -0.1) is 0 Å². The fourth-order valence-electron chi connectivity index (χ4n) is 3.28. The Balaban J connectivity index is 1.53. The average Bonchev–Trinajstić information content (AvgIpc) is 2.74. The molecule has 4 rings (SSSR count). The molecule has 0 radical (unpaired) electrons. The van der Waals surface area contributed by atoms with Gasteiger partial charge in [-0.3, -0.25) is 4.72 Å². The molecule has 8 heteroatoms. The van der Waals surface area contributed by atoms with Crippen molar-refractivity contribution in [2.45, 2.75) is 18.7 Å². The van der Waals surface area contributed by atoms with Crippen LogP contribution in [-0.2, 0) is 10.0 Å². The zero-order chi connectivity index (χ0) is 21.8. The molecule has 0 atom stereocenters. The third kappa shape index (κ3) is 4.75. The maximum atomic E-state index is 13.0. The molecule has 0 saturated carbocycles. The van der Waals surface area contributed by atoms with Crippen LogP contribution in [0.3, 0.4) is 0 Å². The minimum atomic E-state index is -3.73. The van der Waals surface area contributed by atoms with Crippen molar-refractivity contribution in [3.63, 3.8) is 0 Å². The van der Waals surface area contributed by atoms with Gasteiger partial charge in [-0.05, 0) is 49.6 Å². The normalized spacial score (nSPS) is 11.3. The van der Waals surface area contributed by atoms with E-state index in [-0.39, 0.29) is 4.90 Å². The third-order valence-electron chi connectivity index (χ3n) is 4.64. The second-order valence-electron chi connectivity index (χ2n) is 7.03. The summed E-state index contributed by atoms with van der Waals surface area (Å²) >= 11 is 0. The molecular weight excluding hydrogens is 410 g/mol. The minimum absolute atomic E-state index is 0.250. The third-order valence-corrected chi connectivity index (χ3v) is 6.08. The van der Waals surface area contributed by atoms with Gasteiger partial charge in [-0.25, -0.2) is 13.4 Å². The van der Waals surface area contributed by atoms with Crippen molar-refractivity contribution in [2.24, 2.45) is 0 Å². The largest absolute Gasteiger partial charge is 0.354 e. The van der Waals surface area contributed by atoms with Crippen molar-refractivity contribution in [2.75, 3.05) is 21.9 Å². The zero-order valence-corrected chi connectivity index (χ0v) is 18.1. The highest BCUT2D eigenvalue weighted by Gasteiger charge is 2.17. The Kier molecular flexibility index (Phi) is 5.73. The second-order valence-corrected chi connectivity index (χ2v) is 8.68. The number of sulfonamides is 1. The lowest BCUT2D eigenvalue weighted by molar-refractivity contribution is 0.602. The highest BCUT2D eigenvalue weighted by atomic mass is 32.2. The van der Waals surface area contributed by atoms with E-state index in [9.17, 15) is 8.42 Å². The van der Waals surface area contributed by atoms with Crippen LogP contribution in [0, 0.1) is 6.92 Å². The van der Waals surface area contributed by atoms with Crippen molar-refractivity contribution >= 4 is 43.9 Å². The van der Waals surface area contributed by atoms with Gasteiger partial charge in [0.2, 0.25) is 5.95 Å². The van der Waals surface area contributed by atoms with E-state index in [0.717, 1.165) is 23.3 Å². The lowest BCUT2D eigenvalue weighted by Gasteiger charge is -2.12. The predicted octanol–water partition coefficient (Wildman–Crippen LogP) is 4.91. The van der Waals surface area contributed by atoms with Gasteiger partial charge >= 0.3 is 0 Å². The Bertz CT molecular complexity index is 1320. The number of aromatic nitrogens is 2. The Labute approximate surface area is 181 Å². The molecule has 0 bridgehead atoms. The Morgan fingerprint density at radius 3 is 2.35 bits per heavy atom. The predicted molar refractivity (Wildman–Crippen MR) is 125 cm³/mol. The molecular formula is C23H23N5O2S. The lowest BCUT2D eigenvalue weighted by atomic mass is 10.1. The molecule has 0 unspecified atom stereocenters. The van der Waals surface area contributed by atoms with Gasteiger partial charge in [0.15, 0.2) is 0 Å². The number of benzene rings is 3. The van der Waals surface area contributed by atoms with Gasteiger partial charge in [0.1, 0.15) is 5.82 Å². The van der Waals surface area contributed by atoms with Crippen molar-refractivity contribution < 1.29 is 8.42 Å². The fraction of sp³-hybridized carbons (Fsp3) is 0.130. The molecule has 0 aliphatic carbocycles. The molecule has 0 aliphatic heterocycles. The van der Waals surface area contributed by atoms with Gasteiger partial charge < -0.3 is 10.6 Å². The van der Waals surface area contributed by atoms with E-state index in [0.29, 0.717) is 22.8 Å². The molecule has 4 aromatic rings. The molecule has 7 nitrogen and oxygen atoms in total. The first-order valence-electron chi connectivity index (χ1n) is 9.92. The molecule has 3 N–H and O–H groups in total. The van der Waals surface area contributed by atoms with Crippen LogP contribution in [0.5, 0.6) is 0 Å². The van der Waals surface area contributed by atoms with Crippen molar-refractivity contribution in [3.8, 4) is 0 Å². The molecule has 0 fully saturated rings. The van der Waals surface area contributed by atoms with E-state index in [2.05, 4.69) is 25.3 Å². The summed E-state index contributed by atoms with van der Waals surface area (Å²) in [5, 5.41) is 7.88. The topological polar surface area (TPSA) is 96.0 Å². The van der Waals surface area contributed by atoms with E-state index in [1.54, 1.807) is 36.4 Å². The van der Waals surface area contributed by atoms with E-state index < -0.39 is 10.0 Å². The molecule has 0 amide bonds. The van der Waals surface area contributed by atoms with E-state index in [4.69, 9.17) is 0 Å². The van der Waals surface area contributed by atoms with Gasteiger partial charge in [-0.1, -0.05) is 36.4 Å². The monoisotopic (exact) mass is 433 g/mol. The van der Waals surface area contributed by atoms with Crippen LogP contribution < -0.4 is 15.4 Å². The lowest BCUT2D eigenvalue weighted by Crippen LogP contribution is -2.13. The number of anilines is 4. The molecule has 1 aromatic heterocycles. The summed E-state index contributed by atoms with van der Waals surface area (Å²) in [5.41, 5.74) is 2.10. The summed E-state index contributed by atoms with van der Waals surface area (Å²) in [6, 6.07) is 21.5. The molecule has 0 aliphatic rings. The Hall–Kier alpha value is -3.65. The van der Waals surface area contributed by atoms with Crippen LogP contribution in [0.15, 0.2) is 77.7 Å². The number of rotatable bonds is 7. The summed E-state index contributed by atoms with van der Waals surface area (Å²) in [5.74, 6) is 1.22. The van der Waals surface area contributed by atoms with Crippen LogP contribution in [0.1, 0.15) is 12.6 Å². The number of nitrogens with one attached hydrogen (secondary N) is 3. The van der Waals surface area contributed by atoms with Gasteiger partial charge in [0.05, 0.1) is 4.90 Å². The SMILES string of the molecule is CCNc1nc(C)cc(Nc2ccc(NS(=O)(=O)c3cccc4ccccc34)cc2)n1. The van der Waals surface area contributed by atoms with Gasteiger partial charge in [0, 0.05) is 35.1 Å². The zero-order valence-electron chi connectivity index (χ0n) is 17.3.